The third kappa shape index (κ3) is 2.86. The van der Waals surface area contributed by atoms with Crippen molar-refractivity contribution >= 4 is 5.91 Å². The molecule has 108 valence electrons. The number of fused-ring (bicyclic) bond motifs is 1. The van der Waals surface area contributed by atoms with Crippen LogP contribution in [0.3, 0.4) is 0 Å². The lowest BCUT2D eigenvalue weighted by Crippen LogP contribution is -2.49. The molecular weight excluding hydrogens is 258 g/mol. The Balaban J connectivity index is 1.67. The first kappa shape index (κ1) is 13.2. The van der Waals surface area contributed by atoms with Gasteiger partial charge in [0.1, 0.15) is 13.2 Å². The van der Waals surface area contributed by atoms with Gasteiger partial charge in [0.05, 0.1) is 6.54 Å². The van der Waals surface area contributed by atoms with E-state index in [0.717, 1.165) is 23.6 Å². The van der Waals surface area contributed by atoms with Crippen LogP contribution in [-0.2, 0) is 4.79 Å². The largest absolute Gasteiger partial charge is 0.486 e. The molecule has 0 aromatic heterocycles. The molecule has 2 heterocycles. The van der Waals surface area contributed by atoms with Crippen molar-refractivity contribution in [2.75, 3.05) is 39.4 Å². The minimum atomic E-state index is -0.142. The average molecular weight is 277 g/mol. The van der Waals surface area contributed by atoms with Crippen molar-refractivity contribution in [3.8, 4) is 11.5 Å². The van der Waals surface area contributed by atoms with Crippen LogP contribution in [0.15, 0.2) is 18.2 Å². The molecule has 20 heavy (non-hydrogen) atoms. The van der Waals surface area contributed by atoms with Crippen LogP contribution in [-0.4, -0.2) is 50.2 Å². The Morgan fingerprint density at radius 3 is 2.90 bits per heavy atom. The number of hydrogen-bond donors (Lipinski definition) is 2. The number of amides is 1. The van der Waals surface area contributed by atoms with Gasteiger partial charge in [0.2, 0.25) is 5.91 Å². The SMILES string of the molecule is NC(CN1CCNC(=O)C1)c1ccc2c(c1)OCCO2. The predicted molar refractivity (Wildman–Crippen MR) is 73.8 cm³/mol. The summed E-state index contributed by atoms with van der Waals surface area (Å²) in [6, 6.07) is 5.65. The van der Waals surface area contributed by atoms with Gasteiger partial charge in [-0.2, -0.15) is 0 Å². The minimum absolute atomic E-state index is 0.0608. The lowest BCUT2D eigenvalue weighted by molar-refractivity contribution is -0.124. The molecule has 0 radical (unpaired) electrons. The van der Waals surface area contributed by atoms with E-state index in [4.69, 9.17) is 15.2 Å². The highest BCUT2D eigenvalue weighted by Crippen LogP contribution is 2.32. The molecule has 1 unspecified atom stereocenters. The molecule has 1 atom stereocenters. The Hall–Kier alpha value is -1.79. The fourth-order valence-electron chi connectivity index (χ4n) is 2.52. The zero-order valence-electron chi connectivity index (χ0n) is 11.3. The third-order valence-corrected chi connectivity index (χ3v) is 3.57. The number of piperazine rings is 1. The Kier molecular flexibility index (Phi) is 3.75. The van der Waals surface area contributed by atoms with Gasteiger partial charge in [-0.1, -0.05) is 6.07 Å². The highest BCUT2D eigenvalue weighted by Gasteiger charge is 2.20. The molecule has 1 amide bonds. The van der Waals surface area contributed by atoms with E-state index < -0.39 is 0 Å². The number of benzene rings is 1. The maximum atomic E-state index is 11.4. The number of nitrogens with one attached hydrogen (secondary N) is 1. The molecule has 2 aliphatic heterocycles. The Labute approximate surface area is 117 Å². The monoisotopic (exact) mass is 277 g/mol. The lowest BCUT2D eigenvalue weighted by atomic mass is 10.1. The van der Waals surface area contributed by atoms with Crippen LogP contribution in [0.2, 0.25) is 0 Å². The predicted octanol–water partition coefficient (Wildman–Crippen LogP) is -0.111. The number of carbonyl (C=O) groups is 1. The standard InChI is InChI=1S/C14H19N3O3/c15-11(8-17-4-3-16-14(18)9-17)10-1-2-12-13(7-10)20-6-5-19-12/h1-2,7,11H,3-6,8-9,15H2,(H,16,18). The molecule has 2 aliphatic rings. The molecule has 0 spiro atoms. The Morgan fingerprint density at radius 2 is 2.10 bits per heavy atom. The molecule has 1 saturated heterocycles. The summed E-state index contributed by atoms with van der Waals surface area (Å²) in [5.74, 6) is 1.58. The van der Waals surface area contributed by atoms with Crippen LogP contribution in [0, 0.1) is 0 Å². The smallest absolute Gasteiger partial charge is 0.234 e. The third-order valence-electron chi connectivity index (χ3n) is 3.57. The zero-order valence-corrected chi connectivity index (χ0v) is 11.3. The molecule has 3 rings (SSSR count). The van der Waals surface area contributed by atoms with Gasteiger partial charge >= 0.3 is 0 Å². The van der Waals surface area contributed by atoms with E-state index in [9.17, 15) is 4.79 Å². The molecule has 3 N–H and O–H groups in total. The topological polar surface area (TPSA) is 76.8 Å². The molecule has 0 aliphatic carbocycles. The van der Waals surface area contributed by atoms with Crippen molar-refractivity contribution in [3.63, 3.8) is 0 Å². The van der Waals surface area contributed by atoms with Gasteiger partial charge in [0.25, 0.3) is 0 Å². The summed E-state index contributed by atoms with van der Waals surface area (Å²) in [6.07, 6.45) is 0. The number of carbonyl (C=O) groups excluding carboxylic acids is 1. The van der Waals surface area contributed by atoms with Crippen LogP contribution >= 0.6 is 0 Å². The maximum absolute atomic E-state index is 11.4. The van der Waals surface area contributed by atoms with E-state index in [1.54, 1.807) is 0 Å². The molecule has 1 aromatic carbocycles. The number of nitrogens with two attached hydrogens (primary N) is 1. The van der Waals surface area contributed by atoms with Gasteiger partial charge in [-0.05, 0) is 17.7 Å². The summed E-state index contributed by atoms with van der Waals surface area (Å²) in [5.41, 5.74) is 7.23. The van der Waals surface area contributed by atoms with Crippen LogP contribution in [0.25, 0.3) is 0 Å². The first-order valence-electron chi connectivity index (χ1n) is 6.86. The van der Waals surface area contributed by atoms with Crippen LogP contribution in [0.4, 0.5) is 0 Å². The second-order valence-corrected chi connectivity index (χ2v) is 5.09. The van der Waals surface area contributed by atoms with Crippen LogP contribution < -0.4 is 20.5 Å². The first-order valence-corrected chi connectivity index (χ1v) is 6.86. The van der Waals surface area contributed by atoms with Crippen molar-refractivity contribution < 1.29 is 14.3 Å². The molecule has 0 saturated carbocycles. The summed E-state index contributed by atoms with van der Waals surface area (Å²) in [6.45, 7) is 3.75. The summed E-state index contributed by atoms with van der Waals surface area (Å²) in [7, 11) is 0. The molecule has 6 nitrogen and oxygen atoms in total. The van der Waals surface area contributed by atoms with Crippen molar-refractivity contribution in [1.29, 1.82) is 0 Å². The Bertz CT molecular complexity index is 506. The quantitative estimate of drug-likeness (QED) is 0.806. The van der Waals surface area contributed by atoms with Crippen molar-refractivity contribution in [2.45, 2.75) is 6.04 Å². The van der Waals surface area contributed by atoms with Crippen LogP contribution in [0.1, 0.15) is 11.6 Å². The fraction of sp³-hybridized carbons (Fsp3) is 0.500. The lowest BCUT2D eigenvalue weighted by Gasteiger charge is -2.29. The summed E-state index contributed by atoms with van der Waals surface area (Å²) < 4.78 is 11.1. The van der Waals surface area contributed by atoms with Gasteiger partial charge < -0.3 is 20.5 Å². The normalized spacial score (nSPS) is 20.4. The van der Waals surface area contributed by atoms with Gasteiger partial charge in [-0.15, -0.1) is 0 Å². The van der Waals surface area contributed by atoms with Crippen molar-refractivity contribution in [2.24, 2.45) is 5.73 Å². The zero-order chi connectivity index (χ0) is 13.9. The van der Waals surface area contributed by atoms with Gasteiger partial charge in [0, 0.05) is 25.7 Å². The molecule has 0 bridgehead atoms. The molecule has 1 aromatic rings. The highest BCUT2D eigenvalue weighted by molar-refractivity contribution is 5.78. The number of hydrogen-bond acceptors (Lipinski definition) is 5. The maximum Gasteiger partial charge on any atom is 0.234 e. The number of rotatable bonds is 3. The van der Waals surface area contributed by atoms with E-state index in [1.807, 2.05) is 18.2 Å². The average Bonchev–Trinajstić information content (AvgIpc) is 2.47. The van der Waals surface area contributed by atoms with Crippen molar-refractivity contribution in [1.82, 2.24) is 10.2 Å². The molecule has 6 heteroatoms. The van der Waals surface area contributed by atoms with E-state index in [1.165, 1.54) is 0 Å². The molecular formula is C14H19N3O3. The molecule has 1 fully saturated rings. The first-order chi connectivity index (χ1) is 9.72. The number of nitrogens with zero attached hydrogens (tertiary/aromatic N) is 1. The van der Waals surface area contributed by atoms with E-state index in [2.05, 4.69) is 10.2 Å². The minimum Gasteiger partial charge on any atom is -0.486 e. The fourth-order valence-corrected chi connectivity index (χ4v) is 2.52. The highest BCUT2D eigenvalue weighted by atomic mass is 16.6. The van der Waals surface area contributed by atoms with Gasteiger partial charge in [-0.3, -0.25) is 9.69 Å². The second-order valence-electron chi connectivity index (χ2n) is 5.09. The van der Waals surface area contributed by atoms with Crippen molar-refractivity contribution in [3.05, 3.63) is 23.8 Å². The number of ether oxygens (including phenoxy) is 2. The van der Waals surface area contributed by atoms with Gasteiger partial charge in [0.15, 0.2) is 11.5 Å². The Morgan fingerprint density at radius 1 is 1.30 bits per heavy atom. The van der Waals surface area contributed by atoms with E-state index >= 15 is 0 Å². The van der Waals surface area contributed by atoms with E-state index in [0.29, 0.717) is 32.8 Å². The summed E-state index contributed by atoms with van der Waals surface area (Å²) in [5, 5.41) is 2.81. The second kappa shape index (κ2) is 5.68. The van der Waals surface area contributed by atoms with E-state index in [-0.39, 0.29) is 11.9 Å². The summed E-state index contributed by atoms with van der Waals surface area (Å²) >= 11 is 0. The summed E-state index contributed by atoms with van der Waals surface area (Å²) in [4.78, 5) is 13.4. The van der Waals surface area contributed by atoms with Gasteiger partial charge in [-0.25, -0.2) is 0 Å². The van der Waals surface area contributed by atoms with Crippen LogP contribution in [0.5, 0.6) is 11.5 Å².